The fourth-order valence-electron chi connectivity index (χ4n) is 3.04. The Balaban J connectivity index is 1.61. The van der Waals surface area contributed by atoms with Gasteiger partial charge in [0.15, 0.2) is 17.7 Å². The summed E-state index contributed by atoms with van der Waals surface area (Å²) in [6.45, 7) is -0.267. The Hall–Kier alpha value is -3.06. The van der Waals surface area contributed by atoms with Crippen molar-refractivity contribution in [1.29, 1.82) is 0 Å². The Labute approximate surface area is 163 Å². The van der Waals surface area contributed by atoms with E-state index < -0.39 is 31.1 Å². The number of ether oxygens (including phenoxy) is 1. The van der Waals surface area contributed by atoms with Crippen molar-refractivity contribution < 1.29 is 24.4 Å². The number of halogens is 1. The summed E-state index contributed by atoms with van der Waals surface area (Å²) in [6, 6.07) is 5.82. The number of aliphatic hydroxyl groups excluding tert-OH is 3. The number of anilines is 1. The van der Waals surface area contributed by atoms with Gasteiger partial charge in [0.2, 0.25) is 0 Å². The van der Waals surface area contributed by atoms with Crippen molar-refractivity contribution in [1.82, 2.24) is 19.5 Å². The minimum absolute atomic E-state index is 0.0365. The quantitative estimate of drug-likeness (QED) is 0.446. The number of imidazole rings is 1. The molecule has 152 valence electrons. The van der Waals surface area contributed by atoms with E-state index in [2.05, 4.69) is 25.2 Å². The molecule has 29 heavy (non-hydrogen) atoms. The summed E-state index contributed by atoms with van der Waals surface area (Å²) in [5.74, 6) is -0.327. The van der Waals surface area contributed by atoms with E-state index in [4.69, 9.17) is 10.5 Å². The third-order valence-electron chi connectivity index (χ3n) is 4.55. The molecule has 1 saturated heterocycles. The fraction of sp³-hybridized carbons (Fsp3) is 0.353. The van der Waals surface area contributed by atoms with Crippen molar-refractivity contribution in [3.63, 3.8) is 0 Å². The van der Waals surface area contributed by atoms with Crippen LogP contribution in [0.4, 0.5) is 16.2 Å². The standard InChI is InChI=1S/C17H18FN7O4/c18-9-3-1-8(2-4-9)5-21-24-17-22-14(19)11-15(23-17)25(7-20-11)16-13(28)12(27)10(6-26)29-16/h1-4,7,10,12-13,16,26-28H,5-6H2,(H2,19,22,23)/t10-,12?,13?,16-/m1/s1. The average molecular weight is 403 g/mol. The number of aliphatic hydroxyl groups is 3. The van der Waals surface area contributed by atoms with Gasteiger partial charge in [0.25, 0.3) is 5.95 Å². The summed E-state index contributed by atoms with van der Waals surface area (Å²) in [4.78, 5) is 12.4. The lowest BCUT2D eigenvalue weighted by molar-refractivity contribution is -0.0511. The summed E-state index contributed by atoms with van der Waals surface area (Å²) in [6.07, 6.45) is -3.19. The van der Waals surface area contributed by atoms with E-state index in [1.807, 2.05) is 0 Å². The molecule has 4 atom stereocenters. The summed E-state index contributed by atoms with van der Waals surface area (Å²) >= 11 is 0. The van der Waals surface area contributed by atoms with Gasteiger partial charge < -0.3 is 25.8 Å². The zero-order valence-corrected chi connectivity index (χ0v) is 15.0. The normalized spacial score (nSPS) is 24.7. The largest absolute Gasteiger partial charge is 0.394 e. The van der Waals surface area contributed by atoms with Crippen LogP contribution in [-0.4, -0.2) is 59.8 Å². The van der Waals surface area contributed by atoms with E-state index in [0.717, 1.165) is 5.56 Å². The maximum Gasteiger partial charge on any atom is 0.272 e. The van der Waals surface area contributed by atoms with Crippen LogP contribution >= 0.6 is 0 Å². The molecular formula is C17H18FN7O4. The highest BCUT2D eigenvalue weighted by Crippen LogP contribution is 2.32. The van der Waals surface area contributed by atoms with E-state index in [1.165, 1.54) is 23.0 Å². The van der Waals surface area contributed by atoms with Gasteiger partial charge in [-0.25, -0.2) is 9.37 Å². The molecule has 0 spiro atoms. The van der Waals surface area contributed by atoms with Gasteiger partial charge >= 0.3 is 0 Å². The minimum atomic E-state index is -1.30. The smallest absolute Gasteiger partial charge is 0.272 e. The molecule has 5 N–H and O–H groups in total. The second kappa shape index (κ2) is 7.75. The topological polar surface area (TPSA) is 164 Å². The van der Waals surface area contributed by atoms with Crippen LogP contribution in [0, 0.1) is 5.82 Å². The Morgan fingerprint density at radius 1 is 1.17 bits per heavy atom. The SMILES string of the molecule is Nc1nc(N=NCc2ccc(F)cc2)nc2c1ncn2[C@@H]1O[C@H](CO)C(O)C1O. The van der Waals surface area contributed by atoms with Crippen LogP contribution in [0.5, 0.6) is 0 Å². The molecule has 12 heteroatoms. The molecule has 1 aliphatic heterocycles. The van der Waals surface area contributed by atoms with Crippen molar-refractivity contribution >= 4 is 22.9 Å². The Morgan fingerprint density at radius 3 is 2.62 bits per heavy atom. The number of nitrogens with two attached hydrogens (primary N) is 1. The molecule has 0 bridgehead atoms. The summed E-state index contributed by atoms with van der Waals surface area (Å²) in [5, 5.41) is 37.4. The van der Waals surface area contributed by atoms with Crippen LogP contribution < -0.4 is 5.73 Å². The lowest BCUT2D eigenvalue weighted by atomic mass is 10.1. The molecule has 0 saturated carbocycles. The van der Waals surface area contributed by atoms with Crippen LogP contribution in [0.2, 0.25) is 0 Å². The molecule has 0 aliphatic carbocycles. The fourth-order valence-corrected chi connectivity index (χ4v) is 3.04. The molecule has 4 rings (SSSR count). The summed E-state index contributed by atoms with van der Waals surface area (Å²) < 4.78 is 19.8. The average Bonchev–Trinajstić information content (AvgIpc) is 3.25. The highest BCUT2D eigenvalue weighted by atomic mass is 19.1. The number of fused-ring (bicyclic) bond motifs is 1. The van der Waals surface area contributed by atoms with Crippen molar-refractivity contribution in [2.24, 2.45) is 10.2 Å². The monoisotopic (exact) mass is 403 g/mol. The molecule has 1 fully saturated rings. The minimum Gasteiger partial charge on any atom is -0.394 e. The van der Waals surface area contributed by atoms with Gasteiger partial charge in [-0.05, 0) is 17.7 Å². The Kier molecular flexibility index (Phi) is 5.15. The van der Waals surface area contributed by atoms with E-state index in [1.54, 1.807) is 12.1 Å². The molecule has 2 aromatic heterocycles. The third-order valence-corrected chi connectivity index (χ3v) is 4.55. The number of hydrogen-bond donors (Lipinski definition) is 4. The molecule has 1 aromatic carbocycles. The lowest BCUT2D eigenvalue weighted by Gasteiger charge is -2.16. The van der Waals surface area contributed by atoms with E-state index in [-0.39, 0.29) is 35.3 Å². The summed E-state index contributed by atoms with van der Waals surface area (Å²) in [5.41, 5.74) is 7.16. The Bertz CT molecular complexity index is 1040. The van der Waals surface area contributed by atoms with Gasteiger partial charge in [-0.1, -0.05) is 12.1 Å². The zero-order chi connectivity index (χ0) is 20.5. The van der Waals surface area contributed by atoms with Crippen LogP contribution in [0.3, 0.4) is 0 Å². The van der Waals surface area contributed by atoms with Gasteiger partial charge in [0.05, 0.1) is 19.5 Å². The van der Waals surface area contributed by atoms with E-state index >= 15 is 0 Å². The molecule has 3 aromatic rings. The predicted octanol–water partition coefficient (Wildman–Crippen LogP) is 0.443. The highest BCUT2D eigenvalue weighted by molar-refractivity contribution is 5.82. The molecule has 11 nitrogen and oxygen atoms in total. The molecule has 1 aliphatic rings. The number of nitrogen functional groups attached to an aromatic ring is 1. The van der Waals surface area contributed by atoms with Crippen molar-refractivity contribution in [2.45, 2.75) is 31.1 Å². The zero-order valence-electron chi connectivity index (χ0n) is 15.0. The van der Waals surface area contributed by atoms with Gasteiger partial charge in [-0.3, -0.25) is 4.57 Å². The maximum absolute atomic E-state index is 12.9. The van der Waals surface area contributed by atoms with Gasteiger partial charge in [-0.15, -0.1) is 5.11 Å². The van der Waals surface area contributed by atoms with Gasteiger partial charge in [-0.2, -0.15) is 15.1 Å². The highest BCUT2D eigenvalue weighted by Gasteiger charge is 2.44. The van der Waals surface area contributed by atoms with Gasteiger partial charge in [0.1, 0.15) is 29.6 Å². The van der Waals surface area contributed by atoms with Crippen LogP contribution in [0.1, 0.15) is 11.8 Å². The number of nitrogens with zero attached hydrogens (tertiary/aromatic N) is 6. The molecule has 0 radical (unpaired) electrons. The first-order valence-electron chi connectivity index (χ1n) is 8.72. The van der Waals surface area contributed by atoms with E-state index in [9.17, 15) is 19.7 Å². The Morgan fingerprint density at radius 2 is 1.93 bits per heavy atom. The molecule has 2 unspecified atom stereocenters. The molecule has 3 heterocycles. The first-order chi connectivity index (χ1) is 14.0. The maximum atomic E-state index is 12.9. The second-order valence-corrected chi connectivity index (χ2v) is 6.49. The van der Waals surface area contributed by atoms with Gasteiger partial charge in [0, 0.05) is 0 Å². The molecule has 0 amide bonds. The van der Waals surface area contributed by atoms with Crippen LogP contribution in [0.25, 0.3) is 11.2 Å². The second-order valence-electron chi connectivity index (χ2n) is 6.49. The van der Waals surface area contributed by atoms with Crippen LogP contribution in [0.15, 0.2) is 40.8 Å². The number of azo groups is 1. The van der Waals surface area contributed by atoms with E-state index in [0.29, 0.717) is 0 Å². The van der Waals surface area contributed by atoms with Crippen molar-refractivity contribution in [2.75, 3.05) is 12.3 Å². The first kappa shape index (κ1) is 19.3. The first-order valence-corrected chi connectivity index (χ1v) is 8.72. The predicted molar refractivity (Wildman–Crippen MR) is 97.4 cm³/mol. The van der Waals surface area contributed by atoms with Crippen molar-refractivity contribution in [3.8, 4) is 0 Å². The lowest BCUT2D eigenvalue weighted by Crippen LogP contribution is -2.33. The van der Waals surface area contributed by atoms with Crippen molar-refractivity contribution in [3.05, 3.63) is 42.0 Å². The van der Waals surface area contributed by atoms with Crippen LogP contribution in [-0.2, 0) is 11.3 Å². The number of rotatable bonds is 5. The number of aromatic nitrogens is 4. The molecular weight excluding hydrogens is 385 g/mol. The number of hydrogen-bond acceptors (Lipinski definition) is 10. The summed E-state index contributed by atoms with van der Waals surface area (Å²) in [7, 11) is 0. The number of benzene rings is 1. The third kappa shape index (κ3) is 3.65.